The molecular formula is C29H25N4O4S. The number of carbonyl (C=O) groups is 2. The Kier molecular flexibility index (Phi) is 8.48. The van der Waals surface area contributed by atoms with Crippen LogP contribution in [-0.4, -0.2) is 33.3 Å². The molecule has 0 aliphatic rings. The summed E-state index contributed by atoms with van der Waals surface area (Å²) in [5.41, 5.74) is 10.0. The maximum absolute atomic E-state index is 13.6. The van der Waals surface area contributed by atoms with E-state index < -0.39 is 15.6 Å². The van der Waals surface area contributed by atoms with E-state index in [0.717, 1.165) is 5.56 Å². The van der Waals surface area contributed by atoms with Gasteiger partial charge >= 0.3 is 0 Å². The molecule has 4 aromatic rings. The van der Waals surface area contributed by atoms with Crippen LogP contribution in [0.25, 0.3) is 0 Å². The molecule has 0 saturated heterocycles. The normalized spacial score (nSPS) is 12.1. The van der Waals surface area contributed by atoms with Crippen LogP contribution in [0.5, 0.6) is 0 Å². The van der Waals surface area contributed by atoms with E-state index in [9.17, 15) is 13.8 Å². The Morgan fingerprint density at radius 3 is 2.55 bits per heavy atom. The first-order valence-corrected chi connectivity index (χ1v) is 13.5. The molecule has 1 radical (unpaired) electrons. The van der Waals surface area contributed by atoms with E-state index in [4.69, 9.17) is 10.2 Å². The van der Waals surface area contributed by atoms with Gasteiger partial charge in [0.2, 0.25) is 0 Å². The van der Waals surface area contributed by atoms with Gasteiger partial charge in [0.15, 0.2) is 5.76 Å². The Morgan fingerprint density at radius 1 is 1.03 bits per heavy atom. The topological polar surface area (TPSA) is 125 Å². The number of anilines is 1. The molecule has 0 fully saturated rings. The Labute approximate surface area is 221 Å². The van der Waals surface area contributed by atoms with Gasteiger partial charge in [0.1, 0.15) is 0 Å². The van der Waals surface area contributed by atoms with Gasteiger partial charge in [-0.1, -0.05) is 36.1 Å². The minimum Gasteiger partial charge on any atom is -0.459 e. The molecule has 0 saturated carbocycles. The summed E-state index contributed by atoms with van der Waals surface area (Å²) in [4.78, 5) is 29.9. The second kappa shape index (κ2) is 12.1. The zero-order valence-electron chi connectivity index (χ0n) is 20.6. The van der Waals surface area contributed by atoms with Crippen LogP contribution in [-0.2, 0) is 9.73 Å². The van der Waals surface area contributed by atoms with Gasteiger partial charge in [-0.25, -0.2) is 4.21 Å². The number of pyridine rings is 1. The SMILES string of the molecule is Cc1ccoc1C(=O)Nc1cccc(C#Cc2cncc(C(=O)N=S(=O)(CCC[NH])c3ccccc3)c2)c1. The van der Waals surface area contributed by atoms with Crippen LogP contribution in [0.2, 0.25) is 0 Å². The third-order valence-electron chi connectivity index (χ3n) is 5.46. The first kappa shape index (κ1) is 26.5. The van der Waals surface area contributed by atoms with E-state index in [1.54, 1.807) is 73.7 Å². The molecule has 0 bridgehead atoms. The fourth-order valence-electron chi connectivity index (χ4n) is 3.54. The summed E-state index contributed by atoms with van der Waals surface area (Å²) >= 11 is 0. The highest BCUT2D eigenvalue weighted by Gasteiger charge is 2.16. The number of furan rings is 1. The third kappa shape index (κ3) is 6.62. The lowest BCUT2D eigenvalue weighted by Gasteiger charge is -2.09. The van der Waals surface area contributed by atoms with Crippen molar-refractivity contribution in [2.45, 2.75) is 18.2 Å². The second-order valence-corrected chi connectivity index (χ2v) is 10.7. The molecule has 0 aliphatic heterocycles. The first-order valence-electron chi connectivity index (χ1n) is 11.8. The van der Waals surface area contributed by atoms with Crippen molar-refractivity contribution in [3.05, 3.63) is 113 Å². The standard InChI is InChI=1S/C29H25N4O4S/c1-21-13-15-37-27(21)29(35)32-25-8-5-7-22(18-25)11-12-23-17-24(20-31-19-23)28(34)33-38(36,16-6-14-30)26-9-3-2-4-10-26/h2-5,7-10,13,15,17-20,30H,6,14,16H2,1H3,(H,32,35). The number of aromatic nitrogens is 1. The van der Waals surface area contributed by atoms with Gasteiger partial charge in [-0.15, -0.1) is 0 Å². The van der Waals surface area contributed by atoms with Gasteiger partial charge in [0, 0.05) is 52.0 Å². The average Bonchev–Trinajstić information content (AvgIpc) is 3.37. The van der Waals surface area contributed by atoms with Crippen LogP contribution in [0.1, 0.15) is 44.0 Å². The Bertz CT molecular complexity index is 1640. The molecule has 38 heavy (non-hydrogen) atoms. The fraction of sp³-hybridized carbons (Fsp3) is 0.138. The predicted molar refractivity (Wildman–Crippen MR) is 145 cm³/mol. The van der Waals surface area contributed by atoms with E-state index in [1.165, 1.54) is 18.7 Å². The highest BCUT2D eigenvalue weighted by molar-refractivity contribution is 7.94. The smallest absolute Gasteiger partial charge is 0.291 e. The number of amides is 2. The molecule has 2 N–H and O–H groups in total. The van der Waals surface area contributed by atoms with Crippen molar-refractivity contribution in [2.75, 3.05) is 17.6 Å². The average molecular weight is 526 g/mol. The third-order valence-corrected chi connectivity index (χ3v) is 7.78. The quantitative estimate of drug-likeness (QED) is 0.341. The molecule has 9 heteroatoms. The lowest BCUT2D eigenvalue weighted by Crippen LogP contribution is -2.12. The molecule has 1 atom stereocenters. The summed E-state index contributed by atoms with van der Waals surface area (Å²) < 4.78 is 22.9. The van der Waals surface area contributed by atoms with E-state index >= 15 is 0 Å². The molecule has 2 heterocycles. The highest BCUT2D eigenvalue weighted by atomic mass is 32.2. The van der Waals surface area contributed by atoms with Gasteiger partial charge in [-0.2, -0.15) is 4.36 Å². The largest absolute Gasteiger partial charge is 0.459 e. The minimum atomic E-state index is -3.03. The van der Waals surface area contributed by atoms with E-state index in [-0.39, 0.29) is 29.5 Å². The van der Waals surface area contributed by atoms with E-state index in [1.807, 2.05) is 0 Å². The molecular weight excluding hydrogens is 500 g/mol. The fourth-order valence-corrected chi connectivity index (χ4v) is 5.47. The Hall–Kier alpha value is -4.52. The number of carbonyl (C=O) groups excluding carboxylic acids is 2. The van der Waals surface area contributed by atoms with Crippen molar-refractivity contribution in [1.82, 2.24) is 10.7 Å². The van der Waals surface area contributed by atoms with Gasteiger partial charge < -0.3 is 9.73 Å². The van der Waals surface area contributed by atoms with E-state index in [2.05, 4.69) is 26.5 Å². The Balaban J connectivity index is 1.55. The number of hydrogen-bond acceptors (Lipinski definition) is 5. The molecule has 2 aromatic carbocycles. The molecule has 1 unspecified atom stereocenters. The van der Waals surface area contributed by atoms with Crippen molar-refractivity contribution in [2.24, 2.45) is 4.36 Å². The molecule has 0 aliphatic carbocycles. The van der Waals surface area contributed by atoms with Gasteiger partial charge in [0.25, 0.3) is 11.8 Å². The van der Waals surface area contributed by atoms with Crippen molar-refractivity contribution in [1.29, 1.82) is 0 Å². The maximum atomic E-state index is 13.6. The first-order chi connectivity index (χ1) is 18.4. The molecule has 4 rings (SSSR count). The Morgan fingerprint density at radius 2 is 1.82 bits per heavy atom. The van der Waals surface area contributed by atoms with Crippen molar-refractivity contribution < 1.29 is 18.2 Å². The van der Waals surface area contributed by atoms with Gasteiger partial charge in [-0.3, -0.25) is 20.3 Å². The summed E-state index contributed by atoms with van der Waals surface area (Å²) in [6.45, 7) is 1.88. The summed E-state index contributed by atoms with van der Waals surface area (Å²) in [7, 11) is -3.03. The molecule has 8 nitrogen and oxygen atoms in total. The number of nitrogens with one attached hydrogen (secondary N) is 2. The van der Waals surface area contributed by atoms with Crippen LogP contribution >= 0.6 is 0 Å². The van der Waals surface area contributed by atoms with Crippen LogP contribution in [0, 0.1) is 18.8 Å². The monoisotopic (exact) mass is 525 g/mol. The number of benzene rings is 2. The molecule has 0 spiro atoms. The van der Waals surface area contributed by atoms with Crippen molar-refractivity contribution in [3.8, 4) is 11.8 Å². The molecule has 2 aromatic heterocycles. The van der Waals surface area contributed by atoms with Crippen LogP contribution < -0.4 is 11.1 Å². The minimum absolute atomic E-state index is 0.0908. The summed E-state index contributed by atoms with van der Waals surface area (Å²) in [5.74, 6) is 5.33. The van der Waals surface area contributed by atoms with Gasteiger partial charge in [0.05, 0.1) is 21.6 Å². The number of aryl methyl sites for hydroxylation is 1. The summed E-state index contributed by atoms with van der Waals surface area (Å²) in [6, 6.07) is 18.9. The van der Waals surface area contributed by atoms with Crippen LogP contribution in [0.3, 0.4) is 0 Å². The second-order valence-electron chi connectivity index (χ2n) is 8.34. The lowest BCUT2D eigenvalue weighted by atomic mass is 10.1. The zero-order valence-corrected chi connectivity index (χ0v) is 21.5. The van der Waals surface area contributed by atoms with Crippen LogP contribution in [0.15, 0.2) is 99.1 Å². The molecule has 2 amide bonds. The number of nitrogens with zero attached hydrogens (tertiary/aromatic N) is 2. The summed E-state index contributed by atoms with van der Waals surface area (Å²) in [6.07, 6.45) is 4.70. The molecule has 191 valence electrons. The lowest BCUT2D eigenvalue weighted by molar-refractivity contribution is 0.0991. The van der Waals surface area contributed by atoms with E-state index in [0.29, 0.717) is 28.1 Å². The zero-order chi connectivity index (χ0) is 27.0. The highest BCUT2D eigenvalue weighted by Crippen LogP contribution is 2.18. The van der Waals surface area contributed by atoms with Crippen molar-refractivity contribution >= 4 is 27.2 Å². The van der Waals surface area contributed by atoms with Crippen LogP contribution in [0.4, 0.5) is 5.69 Å². The number of hydrogen-bond donors (Lipinski definition) is 1. The maximum Gasteiger partial charge on any atom is 0.291 e. The van der Waals surface area contributed by atoms with Gasteiger partial charge in [-0.05, 0) is 55.8 Å². The predicted octanol–water partition coefficient (Wildman–Crippen LogP) is 4.98. The number of rotatable bonds is 7. The summed E-state index contributed by atoms with van der Waals surface area (Å²) in [5, 5.41) is 2.79. The van der Waals surface area contributed by atoms with Crippen molar-refractivity contribution in [3.63, 3.8) is 0 Å².